The van der Waals surface area contributed by atoms with Gasteiger partial charge in [-0.05, 0) is 69.0 Å². The Kier molecular flexibility index (Phi) is 4.90. The monoisotopic (exact) mass is 273 g/mol. The predicted molar refractivity (Wildman–Crippen MR) is 88.4 cm³/mol. The van der Waals surface area contributed by atoms with Gasteiger partial charge in [-0.1, -0.05) is 44.5 Å². The molecule has 1 heteroatoms. The van der Waals surface area contributed by atoms with Crippen LogP contribution in [0, 0.1) is 5.92 Å². The third kappa shape index (κ3) is 4.09. The molecule has 1 aromatic rings. The summed E-state index contributed by atoms with van der Waals surface area (Å²) in [5.41, 5.74) is 3.24. The number of nitrogens with one attached hydrogen (secondary N) is 1. The highest BCUT2D eigenvalue weighted by atomic mass is 14.9. The summed E-state index contributed by atoms with van der Waals surface area (Å²) in [5, 5.41) is 3.62. The largest absolute Gasteiger partial charge is 0.312 e. The molecular formula is C19H31N. The Bertz CT molecular complexity index is 408. The molecule has 1 aliphatic carbocycles. The Morgan fingerprint density at radius 3 is 2.15 bits per heavy atom. The van der Waals surface area contributed by atoms with Gasteiger partial charge >= 0.3 is 0 Å². The van der Waals surface area contributed by atoms with E-state index in [4.69, 9.17) is 0 Å². The van der Waals surface area contributed by atoms with Crippen molar-refractivity contribution in [2.45, 2.75) is 71.3 Å². The molecule has 0 amide bonds. The molecule has 0 aliphatic heterocycles. The SMILES string of the molecule is CC(CNC(C)(C)C)C(C)c1ccc(C2CCC2)cc1. The van der Waals surface area contributed by atoms with Gasteiger partial charge in [0.05, 0.1) is 0 Å². The molecule has 1 aromatic carbocycles. The summed E-state index contributed by atoms with van der Waals surface area (Å²) in [6.07, 6.45) is 4.19. The number of rotatable bonds is 5. The minimum absolute atomic E-state index is 0.210. The smallest absolute Gasteiger partial charge is 0.00966 e. The Balaban J connectivity index is 1.92. The van der Waals surface area contributed by atoms with Crippen LogP contribution in [0.4, 0.5) is 0 Å². The third-order valence-electron chi connectivity index (χ3n) is 4.85. The number of hydrogen-bond donors (Lipinski definition) is 1. The van der Waals surface area contributed by atoms with Crippen molar-refractivity contribution < 1.29 is 0 Å². The first-order chi connectivity index (χ1) is 9.37. The first kappa shape index (κ1) is 15.6. The van der Waals surface area contributed by atoms with Crippen LogP contribution >= 0.6 is 0 Å². The van der Waals surface area contributed by atoms with Gasteiger partial charge in [0.15, 0.2) is 0 Å². The van der Waals surface area contributed by atoms with Crippen molar-refractivity contribution in [2.24, 2.45) is 5.92 Å². The molecule has 0 spiro atoms. The van der Waals surface area contributed by atoms with Crippen LogP contribution in [0.3, 0.4) is 0 Å². The average molecular weight is 273 g/mol. The second kappa shape index (κ2) is 6.30. The van der Waals surface area contributed by atoms with Crippen LogP contribution in [0.2, 0.25) is 0 Å². The first-order valence-electron chi connectivity index (χ1n) is 8.22. The summed E-state index contributed by atoms with van der Waals surface area (Å²) < 4.78 is 0. The minimum atomic E-state index is 0.210. The van der Waals surface area contributed by atoms with Crippen LogP contribution in [0.1, 0.15) is 76.8 Å². The second-order valence-corrected chi connectivity index (χ2v) is 7.69. The average Bonchev–Trinajstić information content (AvgIpc) is 2.33. The zero-order valence-electron chi connectivity index (χ0n) is 13.9. The zero-order chi connectivity index (χ0) is 14.8. The Morgan fingerprint density at radius 1 is 1.10 bits per heavy atom. The number of benzene rings is 1. The first-order valence-corrected chi connectivity index (χ1v) is 8.22. The molecule has 1 saturated carbocycles. The fourth-order valence-electron chi connectivity index (χ4n) is 2.79. The van der Waals surface area contributed by atoms with Crippen LogP contribution in [0.5, 0.6) is 0 Å². The van der Waals surface area contributed by atoms with Crippen LogP contribution in [0.25, 0.3) is 0 Å². The second-order valence-electron chi connectivity index (χ2n) is 7.69. The topological polar surface area (TPSA) is 12.0 Å². The van der Waals surface area contributed by atoms with Gasteiger partial charge in [0.2, 0.25) is 0 Å². The highest BCUT2D eigenvalue weighted by molar-refractivity contribution is 5.28. The maximum atomic E-state index is 3.62. The molecule has 1 N–H and O–H groups in total. The lowest BCUT2D eigenvalue weighted by molar-refractivity contribution is 0.359. The molecule has 20 heavy (non-hydrogen) atoms. The third-order valence-corrected chi connectivity index (χ3v) is 4.85. The van der Waals surface area contributed by atoms with Crippen molar-refractivity contribution in [3.63, 3.8) is 0 Å². The lowest BCUT2D eigenvalue weighted by Crippen LogP contribution is -2.39. The van der Waals surface area contributed by atoms with Crippen LogP contribution < -0.4 is 5.32 Å². The summed E-state index contributed by atoms with van der Waals surface area (Å²) in [4.78, 5) is 0. The maximum Gasteiger partial charge on any atom is 0.00966 e. The van der Waals surface area contributed by atoms with Crippen molar-refractivity contribution in [2.75, 3.05) is 6.54 Å². The fourth-order valence-corrected chi connectivity index (χ4v) is 2.79. The summed E-state index contributed by atoms with van der Waals surface area (Å²) in [6.45, 7) is 12.5. The molecule has 2 atom stereocenters. The molecule has 0 saturated heterocycles. The van der Waals surface area contributed by atoms with Crippen molar-refractivity contribution in [3.8, 4) is 0 Å². The Morgan fingerprint density at radius 2 is 1.70 bits per heavy atom. The quantitative estimate of drug-likeness (QED) is 0.788. The summed E-state index contributed by atoms with van der Waals surface area (Å²) in [6, 6.07) is 9.43. The van der Waals surface area contributed by atoms with E-state index in [0.717, 1.165) is 12.5 Å². The van der Waals surface area contributed by atoms with E-state index in [9.17, 15) is 0 Å². The van der Waals surface area contributed by atoms with Gasteiger partial charge in [0.1, 0.15) is 0 Å². The van der Waals surface area contributed by atoms with E-state index >= 15 is 0 Å². The van der Waals surface area contributed by atoms with Crippen LogP contribution in [-0.4, -0.2) is 12.1 Å². The molecule has 0 radical (unpaired) electrons. The van der Waals surface area contributed by atoms with Gasteiger partial charge in [-0.25, -0.2) is 0 Å². The molecule has 1 fully saturated rings. The molecule has 2 unspecified atom stereocenters. The van der Waals surface area contributed by atoms with Crippen molar-refractivity contribution in [1.82, 2.24) is 5.32 Å². The van der Waals surface area contributed by atoms with Crippen LogP contribution in [0.15, 0.2) is 24.3 Å². The van der Waals surface area contributed by atoms with Gasteiger partial charge < -0.3 is 5.32 Å². The predicted octanol–water partition coefficient (Wildman–Crippen LogP) is 5.08. The molecule has 0 bridgehead atoms. The molecule has 0 aromatic heterocycles. The fraction of sp³-hybridized carbons (Fsp3) is 0.684. The standard InChI is InChI=1S/C19H31N/c1-14(13-20-19(3,4)5)15(2)16-9-11-18(12-10-16)17-7-6-8-17/h9-12,14-15,17,20H,6-8,13H2,1-5H3. The summed E-state index contributed by atoms with van der Waals surface area (Å²) in [7, 11) is 0. The van der Waals surface area contributed by atoms with Gasteiger partial charge in [0, 0.05) is 5.54 Å². The summed E-state index contributed by atoms with van der Waals surface area (Å²) >= 11 is 0. The lowest BCUT2D eigenvalue weighted by Gasteiger charge is -2.28. The van der Waals surface area contributed by atoms with E-state index in [0.29, 0.717) is 11.8 Å². The Hall–Kier alpha value is -0.820. The molecular weight excluding hydrogens is 242 g/mol. The van der Waals surface area contributed by atoms with Gasteiger partial charge in [-0.3, -0.25) is 0 Å². The Labute approximate surface area is 125 Å². The lowest BCUT2D eigenvalue weighted by atomic mass is 9.79. The van der Waals surface area contributed by atoms with E-state index in [1.165, 1.54) is 24.8 Å². The summed E-state index contributed by atoms with van der Waals surface area (Å²) in [5.74, 6) is 2.11. The van der Waals surface area contributed by atoms with E-state index in [2.05, 4.69) is 64.2 Å². The molecule has 2 rings (SSSR count). The maximum absolute atomic E-state index is 3.62. The van der Waals surface area contributed by atoms with Gasteiger partial charge in [-0.15, -0.1) is 0 Å². The van der Waals surface area contributed by atoms with E-state index in [1.54, 1.807) is 5.56 Å². The van der Waals surface area contributed by atoms with Crippen molar-refractivity contribution in [3.05, 3.63) is 35.4 Å². The normalized spacial score (nSPS) is 19.4. The molecule has 1 nitrogen and oxygen atoms in total. The highest BCUT2D eigenvalue weighted by Crippen LogP contribution is 2.37. The molecule has 112 valence electrons. The van der Waals surface area contributed by atoms with E-state index < -0.39 is 0 Å². The number of hydrogen-bond acceptors (Lipinski definition) is 1. The molecule has 1 aliphatic rings. The minimum Gasteiger partial charge on any atom is -0.312 e. The van der Waals surface area contributed by atoms with Gasteiger partial charge in [0.25, 0.3) is 0 Å². The molecule has 0 heterocycles. The van der Waals surface area contributed by atoms with E-state index in [1.807, 2.05) is 0 Å². The van der Waals surface area contributed by atoms with Crippen molar-refractivity contribution >= 4 is 0 Å². The highest BCUT2D eigenvalue weighted by Gasteiger charge is 2.21. The zero-order valence-corrected chi connectivity index (χ0v) is 13.9. The van der Waals surface area contributed by atoms with Crippen molar-refractivity contribution in [1.29, 1.82) is 0 Å². The van der Waals surface area contributed by atoms with Crippen LogP contribution in [-0.2, 0) is 0 Å². The van der Waals surface area contributed by atoms with Gasteiger partial charge in [-0.2, -0.15) is 0 Å². The van der Waals surface area contributed by atoms with E-state index in [-0.39, 0.29) is 5.54 Å².